The molecule has 1 atom stereocenters. The van der Waals surface area contributed by atoms with Gasteiger partial charge in [-0.15, -0.1) is 24.0 Å². The number of pyridine rings is 1. The lowest BCUT2D eigenvalue weighted by atomic mass is 10.1. The molecule has 0 aliphatic rings. The van der Waals surface area contributed by atoms with E-state index in [1.54, 1.807) is 7.05 Å². The summed E-state index contributed by atoms with van der Waals surface area (Å²) in [6.07, 6.45) is 3.78. The summed E-state index contributed by atoms with van der Waals surface area (Å²) >= 11 is 0. The highest BCUT2D eigenvalue weighted by molar-refractivity contribution is 14.0. The Morgan fingerprint density at radius 3 is 2.44 bits per heavy atom. The summed E-state index contributed by atoms with van der Waals surface area (Å²) in [6, 6.07) is 17.1. The molecule has 0 radical (unpaired) electrons. The van der Waals surface area contributed by atoms with Crippen LogP contribution in [0.3, 0.4) is 0 Å². The van der Waals surface area contributed by atoms with Crippen LogP contribution in [0.4, 0.5) is 0 Å². The van der Waals surface area contributed by atoms with Crippen LogP contribution in [0.5, 0.6) is 0 Å². The minimum Gasteiger partial charge on any atom is -0.356 e. The number of halogens is 1. The largest absolute Gasteiger partial charge is 0.356 e. The third kappa shape index (κ3) is 9.19. The van der Waals surface area contributed by atoms with E-state index in [0.717, 1.165) is 44.1 Å². The van der Waals surface area contributed by atoms with Gasteiger partial charge in [0.1, 0.15) is 0 Å². The minimum absolute atomic E-state index is 0. The number of aromatic nitrogens is 1. The second-order valence-electron chi connectivity index (χ2n) is 6.54. The summed E-state index contributed by atoms with van der Waals surface area (Å²) in [5.74, 6) is 0.846. The zero-order valence-electron chi connectivity index (χ0n) is 16.6. The Morgan fingerprint density at radius 1 is 1.07 bits per heavy atom. The molecule has 0 saturated heterocycles. The zero-order valence-corrected chi connectivity index (χ0v) is 18.9. The third-order valence-corrected chi connectivity index (χ3v) is 4.51. The van der Waals surface area contributed by atoms with Gasteiger partial charge in [0.05, 0.1) is 0 Å². The average Bonchev–Trinajstić information content (AvgIpc) is 2.68. The predicted octanol–water partition coefficient (Wildman–Crippen LogP) is 3.32. The number of guanidine groups is 1. The van der Waals surface area contributed by atoms with E-state index in [0.29, 0.717) is 6.04 Å². The molecule has 2 rings (SSSR count). The first-order valence-corrected chi connectivity index (χ1v) is 9.27. The van der Waals surface area contributed by atoms with Crippen LogP contribution < -0.4 is 10.6 Å². The van der Waals surface area contributed by atoms with Crippen LogP contribution in [0, 0.1) is 0 Å². The summed E-state index contributed by atoms with van der Waals surface area (Å²) in [6.45, 7) is 4.95. The van der Waals surface area contributed by atoms with Crippen molar-refractivity contribution in [2.45, 2.75) is 32.4 Å². The molecular formula is C21H32IN5. The van der Waals surface area contributed by atoms with Crippen molar-refractivity contribution in [2.75, 3.05) is 27.2 Å². The highest BCUT2D eigenvalue weighted by Crippen LogP contribution is 2.07. The number of hydrogen-bond acceptors (Lipinski definition) is 3. The van der Waals surface area contributed by atoms with Crippen LogP contribution in [0.25, 0.3) is 0 Å². The van der Waals surface area contributed by atoms with Gasteiger partial charge in [0.25, 0.3) is 0 Å². The highest BCUT2D eigenvalue weighted by atomic mass is 127. The van der Waals surface area contributed by atoms with Gasteiger partial charge in [-0.25, -0.2) is 0 Å². The van der Waals surface area contributed by atoms with E-state index >= 15 is 0 Å². The topological polar surface area (TPSA) is 52.6 Å². The maximum absolute atomic E-state index is 4.33. The zero-order chi connectivity index (χ0) is 18.6. The molecule has 5 nitrogen and oxygen atoms in total. The molecular weight excluding hydrogens is 449 g/mol. The van der Waals surface area contributed by atoms with Crippen molar-refractivity contribution in [3.63, 3.8) is 0 Å². The molecule has 148 valence electrons. The second kappa shape index (κ2) is 13.5. The van der Waals surface area contributed by atoms with Gasteiger partial charge in [0.2, 0.25) is 0 Å². The summed E-state index contributed by atoms with van der Waals surface area (Å²) in [5, 5.41) is 6.74. The number of hydrogen-bond donors (Lipinski definition) is 2. The monoisotopic (exact) mass is 481 g/mol. The van der Waals surface area contributed by atoms with Gasteiger partial charge < -0.3 is 10.6 Å². The minimum atomic E-state index is 0. The number of aliphatic imine (C=N–C) groups is 1. The van der Waals surface area contributed by atoms with Gasteiger partial charge in [-0.05, 0) is 38.1 Å². The molecule has 1 aromatic carbocycles. The predicted molar refractivity (Wildman–Crippen MR) is 125 cm³/mol. The Kier molecular flexibility index (Phi) is 11.7. The van der Waals surface area contributed by atoms with Gasteiger partial charge in [-0.2, -0.15) is 0 Å². The van der Waals surface area contributed by atoms with Crippen LogP contribution in [-0.4, -0.2) is 49.1 Å². The lowest BCUT2D eigenvalue weighted by Crippen LogP contribution is -2.40. The van der Waals surface area contributed by atoms with E-state index in [-0.39, 0.29) is 24.0 Å². The van der Waals surface area contributed by atoms with Crippen molar-refractivity contribution in [1.82, 2.24) is 20.5 Å². The molecule has 0 spiro atoms. The quantitative estimate of drug-likeness (QED) is 0.328. The Labute approximate surface area is 180 Å². The molecule has 2 N–H and O–H groups in total. The smallest absolute Gasteiger partial charge is 0.190 e. The third-order valence-electron chi connectivity index (χ3n) is 4.51. The number of nitrogens with zero attached hydrogens (tertiary/aromatic N) is 3. The Balaban J connectivity index is 0.00000364. The van der Waals surface area contributed by atoms with E-state index in [1.807, 2.05) is 24.4 Å². The fourth-order valence-electron chi connectivity index (χ4n) is 2.72. The van der Waals surface area contributed by atoms with Crippen molar-refractivity contribution < 1.29 is 0 Å². The van der Waals surface area contributed by atoms with E-state index in [2.05, 4.69) is 69.8 Å². The molecule has 1 heterocycles. The van der Waals surface area contributed by atoms with Gasteiger partial charge in [-0.3, -0.25) is 14.9 Å². The number of rotatable bonds is 9. The van der Waals surface area contributed by atoms with Crippen molar-refractivity contribution in [3.05, 3.63) is 66.0 Å². The van der Waals surface area contributed by atoms with Crippen molar-refractivity contribution in [2.24, 2.45) is 4.99 Å². The van der Waals surface area contributed by atoms with Crippen LogP contribution in [0.15, 0.2) is 59.7 Å². The molecule has 0 saturated carbocycles. The molecule has 0 aliphatic heterocycles. The summed E-state index contributed by atoms with van der Waals surface area (Å²) in [7, 11) is 3.98. The maximum atomic E-state index is 4.33. The molecule has 1 unspecified atom stereocenters. The molecule has 2 aromatic rings. The fraction of sp³-hybridized carbons (Fsp3) is 0.429. The lowest BCUT2D eigenvalue weighted by Gasteiger charge is -2.25. The van der Waals surface area contributed by atoms with Crippen LogP contribution >= 0.6 is 24.0 Å². The first-order valence-electron chi connectivity index (χ1n) is 9.27. The first-order chi connectivity index (χ1) is 12.7. The fourth-order valence-corrected chi connectivity index (χ4v) is 2.72. The van der Waals surface area contributed by atoms with Crippen molar-refractivity contribution in [1.29, 1.82) is 0 Å². The SMILES string of the molecule is CN=C(NCCc1ccccn1)NCCC(C)N(C)Cc1ccccc1.I. The van der Waals surface area contributed by atoms with Gasteiger partial charge in [0.15, 0.2) is 5.96 Å². The standard InChI is InChI=1S/C21H31N5.HI/c1-18(26(3)17-19-9-5-4-6-10-19)12-15-24-21(22-2)25-16-13-20-11-7-8-14-23-20;/h4-11,14,18H,12-13,15-17H2,1-3H3,(H2,22,24,25);1H. The molecule has 0 bridgehead atoms. The lowest BCUT2D eigenvalue weighted by molar-refractivity contribution is 0.238. The van der Waals surface area contributed by atoms with E-state index in [1.165, 1.54) is 5.56 Å². The van der Waals surface area contributed by atoms with Gasteiger partial charge in [0, 0.05) is 51.0 Å². The summed E-state index contributed by atoms with van der Waals surface area (Å²) < 4.78 is 0. The first kappa shape index (κ1) is 23.4. The maximum Gasteiger partial charge on any atom is 0.190 e. The van der Waals surface area contributed by atoms with Crippen LogP contribution in [0.1, 0.15) is 24.6 Å². The summed E-state index contributed by atoms with van der Waals surface area (Å²) in [4.78, 5) is 11.0. The van der Waals surface area contributed by atoms with Gasteiger partial charge >= 0.3 is 0 Å². The van der Waals surface area contributed by atoms with Crippen molar-refractivity contribution >= 4 is 29.9 Å². The Bertz CT molecular complexity index is 648. The average molecular weight is 481 g/mol. The molecule has 0 amide bonds. The Hall–Kier alpha value is -1.67. The molecule has 27 heavy (non-hydrogen) atoms. The molecule has 1 aromatic heterocycles. The van der Waals surface area contributed by atoms with E-state index < -0.39 is 0 Å². The Morgan fingerprint density at radius 2 is 1.78 bits per heavy atom. The van der Waals surface area contributed by atoms with E-state index in [9.17, 15) is 0 Å². The van der Waals surface area contributed by atoms with Crippen molar-refractivity contribution in [3.8, 4) is 0 Å². The molecule has 6 heteroatoms. The van der Waals surface area contributed by atoms with Gasteiger partial charge in [-0.1, -0.05) is 36.4 Å². The number of nitrogens with one attached hydrogen (secondary N) is 2. The van der Waals surface area contributed by atoms with E-state index in [4.69, 9.17) is 0 Å². The van der Waals surface area contributed by atoms with Crippen LogP contribution in [0.2, 0.25) is 0 Å². The normalized spacial score (nSPS) is 12.4. The van der Waals surface area contributed by atoms with Crippen LogP contribution in [-0.2, 0) is 13.0 Å². The highest BCUT2D eigenvalue weighted by Gasteiger charge is 2.09. The molecule has 0 fully saturated rings. The number of benzene rings is 1. The molecule has 0 aliphatic carbocycles. The second-order valence-corrected chi connectivity index (χ2v) is 6.54. The summed E-state index contributed by atoms with van der Waals surface area (Å²) in [5.41, 5.74) is 2.44.